The first-order valence-corrected chi connectivity index (χ1v) is 6.29. The SMILES string of the molecule is CSC(C)CN1CC(=O)NC(C)(C)C1=O. The molecule has 0 aromatic rings. The van der Waals surface area contributed by atoms with E-state index in [0.717, 1.165) is 0 Å². The minimum absolute atomic E-state index is 0.00278. The van der Waals surface area contributed by atoms with E-state index in [1.807, 2.05) is 6.26 Å². The van der Waals surface area contributed by atoms with E-state index in [-0.39, 0.29) is 18.4 Å². The molecule has 5 heteroatoms. The zero-order valence-electron chi connectivity index (χ0n) is 9.66. The van der Waals surface area contributed by atoms with Gasteiger partial charge in [0.15, 0.2) is 0 Å². The lowest BCUT2D eigenvalue weighted by Crippen LogP contribution is -2.64. The van der Waals surface area contributed by atoms with Gasteiger partial charge < -0.3 is 10.2 Å². The van der Waals surface area contributed by atoms with Crippen molar-refractivity contribution in [1.29, 1.82) is 0 Å². The molecular weight excluding hydrogens is 212 g/mol. The Labute approximate surface area is 94.8 Å². The number of amides is 2. The Morgan fingerprint density at radius 1 is 1.53 bits per heavy atom. The lowest BCUT2D eigenvalue weighted by molar-refractivity contribution is -0.148. The van der Waals surface area contributed by atoms with Gasteiger partial charge in [0.2, 0.25) is 11.8 Å². The van der Waals surface area contributed by atoms with Crippen LogP contribution in [0.3, 0.4) is 0 Å². The minimum Gasteiger partial charge on any atom is -0.341 e. The fourth-order valence-electron chi connectivity index (χ4n) is 1.61. The highest BCUT2D eigenvalue weighted by atomic mass is 32.2. The number of nitrogens with one attached hydrogen (secondary N) is 1. The van der Waals surface area contributed by atoms with Crippen molar-refractivity contribution in [2.24, 2.45) is 0 Å². The molecule has 0 aliphatic carbocycles. The van der Waals surface area contributed by atoms with Crippen LogP contribution >= 0.6 is 11.8 Å². The predicted octanol–water partition coefficient (Wildman–Crippen LogP) is 0.475. The molecule has 0 aromatic heterocycles. The van der Waals surface area contributed by atoms with Crippen molar-refractivity contribution < 1.29 is 9.59 Å². The maximum atomic E-state index is 11.9. The molecule has 0 bridgehead atoms. The Kier molecular flexibility index (Phi) is 3.65. The number of carbonyl (C=O) groups excluding carboxylic acids is 2. The number of hydrogen-bond donors (Lipinski definition) is 1. The van der Waals surface area contributed by atoms with Crippen LogP contribution in [0.25, 0.3) is 0 Å². The maximum Gasteiger partial charge on any atom is 0.248 e. The fraction of sp³-hybridized carbons (Fsp3) is 0.800. The number of rotatable bonds is 3. The Hall–Kier alpha value is -0.710. The molecule has 86 valence electrons. The zero-order valence-corrected chi connectivity index (χ0v) is 10.5. The fourth-order valence-corrected chi connectivity index (χ4v) is 1.94. The summed E-state index contributed by atoms with van der Waals surface area (Å²) in [5, 5.41) is 3.05. The van der Waals surface area contributed by atoms with Crippen LogP contribution < -0.4 is 5.32 Å². The molecule has 1 atom stereocenters. The van der Waals surface area contributed by atoms with Crippen LogP contribution in [-0.4, -0.2) is 46.8 Å². The summed E-state index contributed by atoms with van der Waals surface area (Å²) in [4.78, 5) is 25.0. The van der Waals surface area contributed by atoms with Gasteiger partial charge in [-0.2, -0.15) is 11.8 Å². The van der Waals surface area contributed by atoms with Gasteiger partial charge in [0.25, 0.3) is 0 Å². The topological polar surface area (TPSA) is 49.4 Å². The standard InChI is InChI=1S/C10H18N2O2S/c1-7(15-4)5-12-6-8(13)11-10(2,3)9(12)14/h7H,5-6H2,1-4H3,(H,11,13). The van der Waals surface area contributed by atoms with Crippen molar-refractivity contribution in [1.82, 2.24) is 10.2 Å². The van der Waals surface area contributed by atoms with Crippen molar-refractivity contribution >= 4 is 23.6 Å². The van der Waals surface area contributed by atoms with Crippen molar-refractivity contribution in [2.75, 3.05) is 19.3 Å². The molecule has 1 rings (SSSR count). The summed E-state index contributed by atoms with van der Waals surface area (Å²) >= 11 is 1.70. The van der Waals surface area contributed by atoms with E-state index in [1.54, 1.807) is 30.5 Å². The molecule has 1 heterocycles. The van der Waals surface area contributed by atoms with Crippen LogP contribution in [0.4, 0.5) is 0 Å². The highest BCUT2D eigenvalue weighted by Gasteiger charge is 2.39. The summed E-state index contributed by atoms with van der Waals surface area (Å²) in [5.74, 6) is -0.0732. The second kappa shape index (κ2) is 4.43. The first-order chi connectivity index (χ1) is 6.86. The molecule has 4 nitrogen and oxygen atoms in total. The smallest absolute Gasteiger partial charge is 0.248 e. The zero-order chi connectivity index (χ0) is 11.6. The summed E-state index contributed by atoms with van der Waals surface area (Å²) in [6.45, 7) is 6.35. The lowest BCUT2D eigenvalue weighted by Gasteiger charge is -2.38. The molecule has 1 N–H and O–H groups in total. The van der Waals surface area contributed by atoms with Crippen LogP contribution in [0, 0.1) is 0 Å². The molecule has 15 heavy (non-hydrogen) atoms. The number of carbonyl (C=O) groups is 2. The molecule has 0 aromatic carbocycles. The van der Waals surface area contributed by atoms with Crippen LogP contribution in [0.15, 0.2) is 0 Å². The lowest BCUT2D eigenvalue weighted by atomic mass is 10.0. The van der Waals surface area contributed by atoms with Gasteiger partial charge in [-0.3, -0.25) is 9.59 Å². The Bertz CT molecular complexity index is 279. The highest BCUT2D eigenvalue weighted by Crippen LogP contribution is 2.16. The summed E-state index contributed by atoms with van der Waals surface area (Å²) < 4.78 is 0. The molecule has 1 aliphatic heterocycles. The van der Waals surface area contributed by atoms with Crippen molar-refractivity contribution in [2.45, 2.75) is 31.6 Å². The molecule has 1 fully saturated rings. The third-order valence-electron chi connectivity index (χ3n) is 2.49. The maximum absolute atomic E-state index is 11.9. The molecule has 1 saturated heterocycles. The van der Waals surface area contributed by atoms with Crippen molar-refractivity contribution in [3.63, 3.8) is 0 Å². The van der Waals surface area contributed by atoms with Gasteiger partial charge >= 0.3 is 0 Å². The van der Waals surface area contributed by atoms with Gasteiger partial charge in [-0.05, 0) is 20.1 Å². The summed E-state index contributed by atoms with van der Waals surface area (Å²) in [5.41, 5.74) is -0.756. The number of hydrogen-bond acceptors (Lipinski definition) is 3. The van der Waals surface area contributed by atoms with Gasteiger partial charge in [0, 0.05) is 11.8 Å². The third kappa shape index (κ3) is 2.87. The van der Waals surface area contributed by atoms with E-state index in [1.165, 1.54) is 0 Å². The average molecular weight is 230 g/mol. The first kappa shape index (κ1) is 12.4. The van der Waals surface area contributed by atoms with Gasteiger partial charge in [-0.1, -0.05) is 6.92 Å². The van der Waals surface area contributed by atoms with Gasteiger partial charge in [-0.15, -0.1) is 0 Å². The molecule has 0 saturated carbocycles. The van der Waals surface area contributed by atoms with E-state index >= 15 is 0 Å². The second-order valence-electron chi connectivity index (χ2n) is 4.41. The quantitative estimate of drug-likeness (QED) is 0.767. The summed E-state index contributed by atoms with van der Waals surface area (Å²) in [7, 11) is 0. The van der Waals surface area contributed by atoms with Crippen LogP contribution in [0.2, 0.25) is 0 Å². The van der Waals surface area contributed by atoms with Gasteiger partial charge in [0.05, 0.1) is 6.54 Å². The van der Waals surface area contributed by atoms with E-state index in [9.17, 15) is 9.59 Å². The van der Waals surface area contributed by atoms with Crippen LogP contribution in [0.5, 0.6) is 0 Å². The highest BCUT2D eigenvalue weighted by molar-refractivity contribution is 7.99. The summed E-state index contributed by atoms with van der Waals surface area (Å²) in [6.07, 6.45) is 2.00. The molecular formula is C10H18N2O2S. The van der Waals surface area contributed by atoms with E-state index in [2.05, 4.69) is 12.2 Å². The molecule has 2 amide bonds. The minimum atomic E-state index is -0.756. The van der Waals surface area contributed by atoms with E-state index < -0.39 is 5.54 Å². The van der Waals surface area contributed by atoms with Crippen LogP contribution in [0.1, 0.15) is 20.8 Å². The summed E-state index contributed by atoms with van der Waals surface area (Å²) in [6, 6.07) is 0. The Morgan fingerprint density at radius 3 is 2.67 bits per heavy atom. The van der Waals surface area contributed by atoms with Crippen LogP contribution in [-0.2, 0) is 9.59 Å². The number of thioether (sulfide) groups is 1. The average Bonchev–Trinajstić information content (AvgIpc) is 2.12. The monoisotopic (exact) mass is 230 g/mol. The molecule has 0 spiro atoms. The largest absolute Gasteiger partial charge is 0.341 e. The van der Waals surface area contributed by atoms with Crippen molar-refractivity contribution in [3.8, 4) is 0 Å². The molecule has 0 radical (unpaired) electrons. The van der Waals surface area contributed by atoms with E-state index in [0.29, 0.717) is 11.8 Å². The van der Waals surface area contributed by atoms with Gasteiger partial charge in [-0.25, -0.2) is 0 Å². The van der Waals surface area contributed by atoms with Gasteiger partial charge in [0.1, 0.15) is 5.54 Å². The first-order valence-electron chi connectivity index (χ1n) is 5.00. The third-order valence-corrected chi connectivity index (χ3v) is 3.44. The van der Waals surface area contributed by atoms with E-state index in [4.69, 9.17) is 0 Å². The number of nitrogens with zero attached hydrogens (tertiary/aromatic N) is 1. The molecule has 1 unspecified atom stereocenters. The second-order valence-corrected chi connectivity index (χ2v) is 5.68. The normalized spacial score (nSPS) is 22.5. The number of piperazine rings is 1. The molecule has 1 aliphatic rings. The van der Waals surface area contributed by atoms with Crippen molar-refractivity contribution in [3.05, 3.63) is 0 Å². The Balaban J connectivity index is 2.71. The predicted molar refractivity (Wildman–Crippen MR) is 61.8 cm³/mol. The Morgan fingerprint density at radius 2 is 2.13 bits per heavy atom.